The molecule has 9 heteroatoms. The monoisotopic (exact) mass is 434 g/mol. The summed E-state index contributed by atoms with van der Waals surface area (Å²) < 4.78 is 53.9. The molecule has 0 aliphatic heterocycles. The van der Waals surface area contributed by atoms with E-state index in [4.69, 9.17) is 0 Å². The third-order valence-corrected chi connectivity index (χ3v) is 7.71. The lowest BCUT2D eigenvalue weighted by Crippen LogP contribution is -2.19. The maximum atomic E-state index is 12.8. The Balaban J connectivity index is 1.87. The van der Waals surface area contributed by atoms with E-state index in [1.54, 1.807) is 12.1 Å². The Morgan fingerprint density at radius 2 is 1.21 bits per heavy atom. The first-order valence-corrected chi connectivity index (χ1v) is 12.0. The quantitative estimate of drug-likeness (QED) is 0.593. The minimum absolute atomic E-state index is 0.00557. The third kappa shape index (κ3) is 4.74. The van der Waals surface area contributed by atoms with Crippen molar-refractivity contribution in [2.45, 2.75) is 19.6 Å². The van der Waals surface area contributed by atoms with Gasteiger partial charge in [0.15, 0.2) is 0 Å². The molecule has 0 heterocycles. The molecule has 0 aliphatic carbocycles. The summed E-state index contributed by atoms with van der Waals surface area (Å²) in [5.41, 5.74) is 0.447. The zero-order chi connectivity index (χ0) is 20.2. The van der Waals surface area contributed by atoms with E-state index in [2.05, 4.69) is 9.44 Å². The van der Waals surface area contributed by atoms with Gasteiger partial charge in [0.1, 0.15) is 0 Å². The van der Waals surface area contributed by atoms with Crippen LogP contribution >= 0.6 is 11.8 Å². The Bertz CT molecular complexity index is 1160. The van der Waals surface area contributed by atoms with E-state index in [1.807, 2.05) is 42.5 Å². The molecular formula is C19H18N2O4S3. The Morgan fingerprint density at radius 1 is 0.679 bits per heavy atom. The normalized spacial score (nSPS) is 11.9. The molecule has 0 bridgehead atoms. The van der Waals surface area contributed by atoms with E-state index in [1.165, 1.54) is 43.1 Å². The number of nitrogens with one attached hydrogen (secondary N) is 2. The molecule has 3 aromatic rings. The lowest BCUT2D eigenvalue weighted by molar-refractivity contribution is 0.587. The largest absolute Gasteiger partial charge is 0.278 e. The third-order valence-electron chi connectivity index (χ3n) is 3.82. The van der Waals surface area contributed by atoms with Crippen LogP contribution in [0.15, 0.2) is 98.4 Å². The number of anilines is 1. The lowest BCUT2D eigenvalue weighted by atomic mass is 10.3. The fourth-order valence-electron chi connectivity index (χ4n) is 2.37. The number of hydrogen-bond donors (Lipinski definition) is 2. The van der Waals surface area contributed by atoms with Crippen molar-refractivity contribution in [2.75, 3.05) is 11.8 Å². The number of sulfonamides is 2. The van der Waals surface area contributed by atoms with Crippen LogP contribution in [0.3, 0.4) is 0 Å². The van der Waals surface area contributed by atoms with E-state index < -0.39 is 20.0 Å². The Hall–Kier alpha value is -2.33. The topological polar surface area (TPSA) is 92.3 Å². The Kier molecular flexibility index (Phi) is 6.09. The standard InChI is InChI=1S/C19H18N2O4S3/c1-20-27(22,23)16-11-13-17(14-12-16)28(24,25)21-18-9-5-6-10-19(18)26-15-7-3-2-4-8-15/h2-14,20-21H,1H3. The van der Waals surface area contributed by atoms with E-state index in [0.29, 0.717) is 5.69 Å². The summed E-state index contributed by atoms with van der Waals surface area (Å²) in [7, 11) is -6.21. The summed E-state index contributed by atoms with van der Waals surface area (Å²) in [6, 6.07) is 21.8. The maximum absolute atomic E-state index is 12.8. The van der Waals surface area contributed by atoms with Gasteiger partial charge in [-0.3, -0.25) is 4.72 Å². The van der Waals surface area contributed by atoms with Gasteiger partial charge in [0.25, 0.3) is 10.0 Å². The highest BCUT2D eigenvalue weighted by Crippen LogP contribution is 2.34. The summed E-state index contributed by atoms with van der Waals surface area (Å²) in [4.78, 5) is 1.71. The second-order valence-corrected chi connectivity index (χ2v) is 10.4. The minimum Gasteiger partial charge on any atom is -0.278 e. The van der Waals surface area contributed by atoms with Gasteiger partial charge in [-0.2, -0.15) is 0 Å². The molecule has 2 N–H and O–H groups in total. The van der Waals surface area contributed by atoms with Gasteiger partial charge in [-0.1, -0.05) is 42.1 Å². The van der Waals surface area contributed by atoms with Crippen molar-refractivity contribution < 1.29 is 16.8 Å². The van der Waals surface area contributed by atoms with Crippen LogP contribution in [0.4, 0.5) is 5.69 Å². The van der Waals surface area contributed by atoms with Gasteiger partial charge in [-0.05, 0) is 55.6 Å². The Labute approximate surface area is 169 Å². The molecule has 0 saturated carbocycles. The number of para-hydroxylation sites is 1. The first-order chi connectivity index (χ1) is 13.3. The Morgan fingerprint density at radius 3 is 1.82 bits per heavy atom. The fourth-order valence-corrected chi connectivity index (χ4v) is 5.17. The van der Waals surface area contributed by atoms with Crippen molar-refractivity contribution >= 4 is 37.5 Å². The summed E-state index contributed by atoms with van der Waals surface area (Å²) in [5, 5.41) is 0. The molecular weight excluding hydrogens is 416 g/mol. The second kappa shape index (κ2) is 8.36. The zero-order valence-corrected chi connectivity index (χ0v) is 17.3. The van der Waals surface area contributed by atoms with Gasteiger partial charge in [0.2, 0.25) is 10.0 Å². The molecule has 0 aromatic heterocycles. The van der Waals surface area contributed by atoms with Crippen LogP contribution in [0, 0.1) is 0 Å². The van der Waals surface area contributed by atoms with Crippen LogP contribution in [0.25, 0.3) is 0 Å². The van der Waals surface area contributed by atoms with E-state index in [9.17, 15) is 16.8 Å². The second-order valence-electron chi connectivity index (χ2n) is 5.70. The smallest absolute Gasteiger partial charge is 0.261 e. The SMILES string of the molecule is CNS(=O)(=O)c1ccc(S(=O)(=O)Nc2ccccc2Sc2ccccc2)cc1. The van der Waals surface area contributed by atoms with Gasteiger partial charge in [-0.15, -0.1) is 0 Å². The van der Waals surface area contributed by atoms with Crippen molar-refractivity contribution in [3.8, 4) is 0 Å². The van der Waals surface area contributed by atoms with Crippen LogP contribution in [0.5, 0.6) is 0 Å². The van der Waals surface area contributed by atoms with E-state index >= 15 is 0 Å². The van der Waals surface area contributed by atoms with Gasteiger partial charge in [0.05, 0.1) is 15.5 Å². The predicted octanol–water partition coefficient (Wildman–Crippen LogP) is 3.55. The molecule has 3 aromatic carbocycles. The van der Waals surface area contributed by atoms with Gasteiger partial charge in [-0.25, -0.2) is 21.6 Å². The van der Waals surface area contributed by atoms with Crippen molar-refractivity contribution in [2.24, 2.45) is 0 Å². The molecule has 0 saturated heterocycles. The van der Waals surface area contributed by atoms with E-state index in [0.717, 1.165) is 9.79 Å². The molecule has 146 valence electrons. The lowest BCUT2D eigenvalue weighted by Gasteiger charge is -2.13. The van der Waals surface area contributed by atoms with Crippen LogP contribution in [-0.4, -0.2) is 23.9 Å². The van der Waals surface area contributed by atoms with Crippen LogP contribution in [0.1, 0.15) is 0 Å². The molecule has 0 atom stereocenters. The van der Waals surface area contributed by atoms with Gasteiger partial charge < -0.3 is 0 Å². The number of hydrogen-bond acceptors (Lipinski definition) is 5. The maximum Gasteiger partial charge on any atom is 0.261 e. The van der Waals surface area contributed by atoms with Gasteiger partial charge in [0, 0.05) is 9.79 Å². The average molecular weight is 435 g/mol. The van der Waals surface area contributed by atoms with Crippen LogP contribution in [-0.2, 0) is 20.0 Å². The zero-order valence-electron chi connectivity index (χ0n) is 14.9. The van der Waals surface area contributed by atoms with E-state index in [-0.39, 0.29) is 9.79 Å². The highest BCUT2D eigenvalue weighted by molar-refractivity contribution is 7.99. The predicted molar refractivity (Wildman–Crippen MR) is 111 cm³/mol. The molecule has 0 radical (unpaired) electrons. The van der Waals surface area contributed by atoms with Crippen molar-refractivity contribution in [3.05, 3.63) is 78.9 Å². The molecule has 6 nitrogen and oxygen atoms in total. The number of rotatable bonds is 7. The molecule has 0 aliphatic rings. The first kappa shape index (κ1) is 20.4. The molecule has 0 spiro atoms. The molecule has 3 rings (SSSR count). The average Bonchev–Trinajstić information content (AvgIpc) is 2.70. The highest BCUT2D eigenvalue weighted by Gasteiger charge is 2.18. The fraction of sp³-hybridized carbons (Fsp3) is 0.0526. The minimum atomic E-state index is -3.88. The summed E-state index contributed by atoms with van der Waals surface area (Å²) in [5.74, 6) is 0. The van der Waals surface area contributed by atoms with Gasteiger partial charge >= 0.3 is 0 Å². The summed E-state index contributed by atoms with van der Waals surface area (Å²) in [6.07, 6.45) is 0. The summed E-state index contributed by atoms with van der Waals surface area (Å²) in [6.45, 7) is 0. The molecule has 0 amide bonds. The number of benzene rings is 3. The van der Waals surface area contributed by atoms with Crippen LogP contribution in [0.2, 0.25) is 0 Å². The van der Waals surface area contributed by atoms with Crippen LogP contribution < -0.4 is 9.44 Å². The molecule has 0 fully saturated rings. The summed E-state index contributed by atoms with van der Waals surface area (Å²) >= 11 is 1.44. The molecule has 28 heavy (non-hydrogen) atoms. The van der Waals surface area contributed by atoms with Crippen molar-refractivity contribution in [1.82, 2.24) is 4.72 Å². The van der Waals surface area contributed by atoms with Crippen molar-refractivity contribution in [3.63, 3.8) is 0 Å². The first-order valence-electron chi connectivity index (χ1n) is 8.20. The molecule has 0 unspecified atom stereocenters. The highest BCUT2D eigenvalue weighted by atomic mass is 32.2. The van der Waals surface area contributed by atoms with Crippen molar-refractivity contribution in [1.29, 1.82) is 0 Å².